The van der Waals surface area contributed by atoms with Gasteiger partial charge in [0.15, 0.2) is 0 Å². The number of hydrogen-bond acceptors (Lipinski definition) is 1. The van der Waals surface area contributed by atoms with Gasteiger partial charge in [0.25, 0.3) is 0 Å². The molecule has 0 fully saturated rings. The summed E-state index contributed by atoms with van der Waals surface area (Å²) in [7, 11) is 0. The molecule has 1 amide bonds. The normalized spacial score (nSPS) is 14.0. The zero-order valence-corrected chi connectivity index (χ0v) is 17.0. The Balaban J connectivity index is 2.07. The molecule has 0 bridgehead atoms. The zero-order chi connectivity index (χ0) is 17.7. The number of rotatable bonds is 8. The molecular formula is C22H26INO. The second kappa shape index (κ2) is 8.35. The third kappa shape index (κ3) is 3.35. The smallest absolute Gasteiger partial charge is 0.235 e. The lowest BCUT2D eigenvalue weighted by Gasteiger charge is -2.31. The van der Waals surface area contributed by atoms with Crippen LogP contribution in [-0.2, 0) is 10.2 Å². The molecule has 1 aliphatic rings. The Morgan fingerprint density at radius 2 is 1.56 bits per heavy atom. The number of fused-ring (bicyclic) bond motifs is 3. The summed E-state index contributed by atoms with van der Waals surface area (Å²) >= 11 is 2.43. The van der Waals surface area contributed by atoms with Crippen molar-refractivity contribution in [3.05, 3.63) is 59.7 Å². The lowest BCUT2D eigenvalue weighted by atomic mass is 9.73. The molecule has 0 unspecified atom stereocenters. The van der Waals surface area contributed by atoms with Gasteiger partial charge in [-0.15, -0.1) is 0 Å². The maximum Gasteiger partial charge on any atom is 0.235 e. The van der Waals surface area contributed by atoms with Gasteiger partial charge in [-0.05, 0) is 45.9 Å². The van der Waals surface area contributed by atoms with Crippen LogP contribution < -0.4 is 5.32 Å². The second-order valence-corrected chi connectivity index (χ2v) is 7.83. The predicted octanol–water partition coefficient (Wildman–Crippen LogP) is 5.47. The summed E-state index contributed by atoms with van der Waals surface area (Å²) in [6.45, 7) is 2.84. The van der Waals surface area contributed by atoms with E-state index >= 15 is 0 Å². The van der Waals surface area contributed by atoms with Crippen molar-refractivity contribution in [1.29, 1.82) is 0 Å². The van der Waals surface area contributed by atoms with Crippen molar-refractivity contribution < 1.29 is 4.79 Å². The quantitative estimate of drug-likeness (QED) is 0.324. The van der Waals surface area contributed by atoms with Crippen LogP contribution in [0.4, 0.5) is 0 Å². The van der Waals surface area contributed by atoms with Gasteiger partial charge in [-0.25, -0.2) is 0 Å². The third-order valence-electron chi connectivity index (χ3n) is 5.17. The maximum absolute atomic E-state index is 13.4. The molecule has 0 aromatic heterocycles. The first-order valence-corrected chi connectivity index (χ1v) is 10.8. The number of carbonyl (C=O) groups is 1. The molecule has 0 atom stereocenters. The van der Waals surface area contributed by atoms with Gasteiger partial charge in [-0.1, -0.05) is 90.9 Å². The molecule has 0 spiro atoms. The summed E-state index contributed by atoms with van der Waals surface area (Å²) < 4.78 is 1.18. The number of amides is 1. The lowest BCUT2D eigenvalue weighted by molar-refractivity contribution is -0.125. The molecule has 2 aromatic carbocycles. The molecule has 1 aliphatic carbocycles. The second-order valence-electron chi connectivity index (χ2n) is 6.75. The summed E-state index contributed by atoms with van der Waals surface area (Å²) in [4.78, 5) is 13.4. The monoisotopic (exact) mass is 447 g/mol. The minimum absolute atomic E-state index is 0.168. The average molecular weight is 447 g/mol. The molecule has 3 heteroatoms. The van der Waals surface area contributed by atoms with E-state index in [9.17, 15) is 4.79 Å². The highest BCUT2D eigenvalue weighted by molar-refractivity contribution is 14.1. The first-order chi connectivity index (χ1) is 12.3. The molecular weight excluding hydrogens is 421 g/mol. The van der Waals surface area contributed by atoms with Gasteiger partial charge in [0.05, 0.1) is 0 Å². The number of benzene rings is 2. The minimum Gasteiger partial charge on any atom is -0.355 e. The molecule has 132 valence electrons. The summed E-state index contributed by atoms with van der Waals surface area (Å²) in [5, 5.41) is 3.20. The van der Waals surface area contributed by atoms with Gasteiger partial charge >= 0.3 is 0 Å². The molecule has 25 heavy (non-hydrogen) atoms. The molecule has 0 saturated carbocycles. The Bertz CT molecular complexity index is 695. The van der Waals surface area contributed by atoms with E-state index in [0.717, 1.165) is 25.8 Å². The standard InChI is InChI=1S/C22H26INO/c1-2-16-24-21(25)22(14-8-3-9-15-23)19-12-6-4-10-17(19)18-11-5-7-13-20(18)22/h4-7,10-13H,2-3,8-9,14-16H2,1H3,(H,24,25). The van der Waals surface area contributed by atoms with Crippen molar-refractivity contribution in [1.82, 2.24) is 5.32 Å². The molecule has 1 N–H and O–H groups in total. The van der Waals surface area contributed by atoms with E-state index in [2.05, 4.69) is 83.4 Å². The van der Waals surface area contributed by atoms with Gasteiger partial charge in [0.1, 0.15) is 5.41 Å². The average Bonchev–Trinajstić information content (AvgIpc) is 2.95. The minimum atomic E-state index is -0.534. The van der Waals surface area contributed by atoms with E-state index in [4.69, 9.17) is 0 Å². The highest BCUT2D eigenvalue weighted by atomic mass is 127. The number of halogens is 1. The SMILES string of the molecule is CCCNC(=O)C1(CCCCCI)c2ccccc2-c2ccccc21. The Hall–Kier alpha value is -1.36. The van der Waals surface area contributed by atoms with Crippen LogP contribution in [0, 0.1) is 0 Å². The van der Waals surface area contributed by atoms with E-state index in [-0.39, 0.29) is 5.91 Å². The third-order valence-corrected chi connectivity index (χ3v) is 5.94. The van der Waals surface area contributed by atoms with Crippen LogP contribution in [0.25, 0.3) is 11.1 Å². The van der Waals surface area contributed by atoms with E-state index in [1.165, 1.54) is 39.5 Å². The maximum atomic E-state index is 13.4. The highest BCUT2D eigenvalue weighted by Gasteiger charge is 2.48. The first-order valence-electron chi connectivity index (χ1n) is 9.29. The number of alkyl halides is 1. The number of unbranched alkanes of at least 4 members (excludes halogenated alkanes) is 2. The topological polar surface area (TPSA) is 29.1 Å². The van der Waals surface area contributed by atoms with Crippen LogP contribution in [0.1, 0.15) is 50.2 Å². The summed E-state index contributed by atoms with van der Waals surface area (Å²) in [6, 6.07) is 16.9. The van der Waals surface area contributed by atoms with Crippen LogP contribution in [-0.4, -0.2) is 16.9 Å². The fraction of sp³-hybridized carbons (Fsp3) is 0.409. The molecule has 3 rings (SSSR count). The van der Waals surface area contributed by atoms with E-state index in [0.29, 0.717) is 0 Å². The highest BCUT2D eigenvalue weighted by Crippen LogP contribution is 2.51. The fourth-order valence-corrected chi connectivity index (χ4v) is 4.54. The van der Waals surface area contributed by atoms with Crippen LogP contribution in [0.2, 0.25) is 0 Å². The predicted molar refractivity (Wildman–Crippen MR) is 113 cm³/mol. The van der Waals surface area contributed by atoms with Crippen LogP contribution >= 0.6 is 22.6 Å². The summed E-state index contributed by atoms with van der Waals surface area (Å²) in [5.74, 6) is 0.168. The van der Waals surface area contributed by atoms with Crippen molar-refractivity contribution in [2.45, 2.75) is 44.4 Å². The van der Waals surface area contributed by atoms with Gasteiger partial charge in [-0.2, -0.15) is 0 Å². The molecule has 2 aromatic rings. The molecule has 0 radical (unpaired) electrons. The molecule has 2 nitrogen and oxygen atoms in total. The Kier molecular flexibility index (Phi) is 6.15. The molecule has 0 saturated heterocycles. The number of nitrogens with one attached hydrogen (secondary N) is 1. The zero-order valence-electron chi connectivity index (χ0n) is 14.9. The van der Waals surface area contributed by atoms with E-state index in [1.54, 1.807) is 0 Å². The van der Waals surface area contributed by atoms with Gasteiger partial charge in [-0.3, -0.25) is 4.79 Å². The number of hydrogen-bond donors (Lipinski definition) is 1. The Morgan fingerprint density at radius 3 is 2.12 bits per heavy atom. The largest absolute Gasteiger partial charge is 0.355 e. The molecule has 0 heterocycles. The summed E-state index contributed by atoms with van der Waals surface area (Å²) in [5.41, 5.74) is 4.27. The van der Waals surface area contributed by atoms with Crippen LogP contribution in [0.5, 0.6) is 0 Å². The van der Waals surface area contributed by atoms with Crippen molar-refractivity contribution in [3.8, 4) is 11.1 Å². The van der Waals surface area contributed by atoms with Crippen molar-refractivity contribution in [2.75, 3.05) is 11.0 Å². The number of carbonyl (C=O) groups excluding carboxylic acids is 1. The van der Waals surface area contributed by atoms with Gasteiger partial charge in [0, 0.05) is 6.54 Å². The molecule has 0 aliphatic heterocycles. The first kappa shape index (κ1) is 18.4. The van der Waals surface area contributed by atoms with Gasteiger partial charge < -0.3 is 5.32 Å². The van der Waals surface area contributed by atoms with Crippen LogP contribution in [0.15, 0.2) is 48.5 Å². The van der Waals surface area contributed by atoms with Crippen molar-refractivity contribution in [2.24, 2.45) is 0 Å². The van der Waals surface area contributed by atoms with E-state index < -0.39 is 5.41 Å². The lowest BCUT2D eigenvalue weighted by Crippen LogP contribution is -2.44. The summed E-state index contributed by atoms with van der Waals surface area (Å²) in [6.07, 6.45) is 5.31. The Labute approximate surface area is 164 Å². The van der Waals surface area contributed by atoms with Crippen molar-refractivity contribution in [3.63, 3.8) is 0 Å². The van der Waals surface area contributed by atoms with Crippen molar-refractivity contribution >= 4 is 28.5 Å². The Morgan fingerprint density at radius 1 is 0.960 bits per heavy atom. The van der Waals surface area contributed by atoms with Crippen LogP contribution in [0.3, 0.4) is 0 Å². The fourth-order valence-electron chi connectivity index (χ4n) is 4.00. The van der Waals surface area contributed by atoms with E-state index in [1.807, 2.05) is 0 Å². The van der Waals surface area contributed by atoms with Gasteiger partial charge in [0.2, 0.25) is 5.91 Å².